The third-order valence-electron chi connectivity index (χ3n) is 3.25. The molecule has 0 saturated heterocycles. The van der Waals surface area contributed by atoms with Gasteiger partial charge in [0.05, 0.1) is 5.54 Å². The minimum absolute atomic E-state index is 0.113. The highest BCUT2D eigenvalue weighted by Gasteiger charge is 2.34. The van der Waals surface area contributed by atoms with E-state index in [-0.39, 0.29) is 5.78 Å². The topological polar surface area (TPSA) is 20.3 Å². The second kappa shape index (κ2) is 4.98. The number of hydrogen-bond donors (Lipinski definition) is 0. The Balaban J connectivity index is 3.10. The van der Waals surface area contributed by atoms with Crippen LogP contribution in [-0.2, 0) is 0 Å². The molecule has 2 nitrogen and oxygen atoms in total. The zero-order valence-corrected chi connectivity index (χ0v) is 11.0. The fraction of sp³-hybridized carbons (Fsp3) is 0.462. The van der Waals surface area contributed by atoms with Crippen molar-refractivity contribution in [3.8, 4) is 0 Å². The van der Waals surface area contributed by atoms with Crippen LogP contribution in [0, 0.1) is 0 Å². The van der Waals surface area contributed by atoms with Crippen LogP contribution < -0.4 is 0 Å². The highest BCUT2D eigenvalue weighted by Crippen LogP contribution is 2.23. The molecule has 1 aromatic carbocycles. The Morgan fingerprint density at radius 1 is 1.44 bits per heavy atom. The van der Waals surface area contributed by atoms with Crippen LogP contribution in [-0.4, -0.2) is 30.3 Å². The molecule has 16 heavy (non-hydrogen) atoms. The summed E-state index contributed by atoms with van der Waals surface area (Å²) in [5.41, 5.74) is 0.204. The summed E-state index contributed by atoms with van der Waals surface area (Å²) in [6.45, 7) is 3.97. The van der Waals surface area contributed by atoms with Crippen molar-refractivity contribution in [3.63, 3.8) is 0 Å². The van der Waals surface area contributed by atoms with Gasteiger partial charge in [-0.15, -0.1) is 0 Å². The maximum Gasteiger partial charge on any atom is 0.182 e. The van der Waals surface area contributed by atoms with E-state index >= 15 is 0 Å². The third-order valence-corrected chi connectivity index (χ3v) is 3.49. The molecular formula is C13H18ClNO. The van der Waals surface area contributed by atoms with Gasteiger partial charge in [-0.25, -0.2) is 0 Å². The summed E-state index contributed by atoms with van der Waals surface area (Å²) in [6, 6.07) is 7.12. The van der Waals surface area contributed by atoms with E-state index in [1.54, 1.807) is 18.2 Å². The van der Waals surface area contributed by atoms with Crippen molar-refractivity contribution >= 4 is 17.4 Å². The van der Waals surface area contributed by atoms with E-state index in [1.165, 1.54) is 0 Å². The van der Waals surface area contributed by atoms with E-state index in [9.17, 15) is 4.79 Å². The summed E-state index contributed by atoms with van der Waals surface area (Å²) in [5, 5.41) is 0.600. The fourth-order valence-corrected chi connectivity index (χ4v) is 1.81. The number of ketones is 1. The normalized spacial score (nSPS) is 14.9. The predicted octanol–water partition coefficient (Wildman–Crippen LogP) is 3.25. The Morgan fingerprint density at radius 2 is 2.06 bits per heavy atom. The molecule has 0 aliphatic carbocycles. The molecule has 1 rings (SSSR count). The van der Waals surface area contributed by atoms with Gasteiger partial charge in [0.1, 0.15) is 0 Å². The minimum atomic E-state index is -0.468. The van der Waals surface area contributed by atoms with Crippen molar-refractivity contribution in [2.24, 2.45) is 0 Å². The number of Topliss-reactive ketones (excluding diaryl/α,β-unsaturated/α-hetero) is 1. The van der Waals surface area contributed by atoms with Gasteiger partial charge in [0, 0.05) is 10.6 Å². The number of nitrogens with zero attached hydrogens (tertiary/aromatic N) is 1. The largest absolute Gasteiger partial charge is 0.297 e. The maximum atomic E-state index is 12.4. The number of carbonyl (C=O) groups excluding carboxylic acids is 1. The van der Waals surface area contributed by atoms with Gasteiger partial charge >= 0.3 is 0 Å². The second-order valence-corrected chi connectivity index (χ2v) is 4.80. The molecule has 1 unspecified atom stereocenters. The first kappa shape index (κ1) is 13.2. The van der Waals surface area contributed by atoms with Crippen molar-refractivity contribution in [3.05, 3.63) is 34.9 Å². The van der Waals surface area contributed by atoms with Gasteiger partial charge in [-0.05, 0) is 39.6 Å². The standard InChI is InChI=1S/C13H18ClNO/c1-5-13(2,15(3)4)12(16)10-7-6-8-11(14)9-10/h6-9H,5H2,1-4H3. The monoisotopic (exact) mass is 239 g/mol. The molecule has 0 bridgehead atoms. The molecular weight excluding hydrogens is 222 g/mol. The van der Waals surface area contributed by atoms with E-state index in [4.69, 9.17) is 11.6 Å². The van der Waals surface area contributed by atoms with Gasteiger partial charge in [0.2, 0.25) is 0 Å². The average molecular weight is 240 g/mol. The van der Waals surface area contributed by atoms with Crippen molar-refractivity contribution in [1.82, 2.24) is 4.90 Å². The Labute approximate surface area is 102 Å². The van der Waals surface area contributed by atoms with E-state index in [0.29, 0.717) is 10.6 Å². The first-order valence-corrected chi connectivity index (χ1v) is 5.77. The van der Waals surface area contributed by atoms with E-state index in [0.717, 1.165) is 6.42 Å². The van der Waals surface area contributed by atoms with Gasteiger partial charge in [0.25, 0.3) is 0 Å². The molecule has 1 aromatic rings. The lowest BCUT2D eigenvalue weighted by atomic mass is 9.87. The molecule has 0 spiro atoms. The van der Waals surface area contributed by atoms with Gasteiger partial charge < -0.3 is 0 Å². The van der Waals surface area contributed by atoms with Gasteiger partial charge in [-0.2, -0.15) is 0 Å². The summed E-state index contributed by atoms with van der Waals surface area (Å²) in [4.78, 5) is 14.3. The van der Waals surface area contributed by atoms with Gasteiger partial charge in [-0.3, -0.25) is 9.69 Å². The van der Waals surface area contributed by atoms with Crippen LogP contribution >= 0.6 is 11.6 Å². The van der Waals surface area contributed by atoms with E-state index < -0.39 is 5.54 Å². The summed E-state index contributed by atoms with van der Waals surface area (Å²) < 4.78 is 0. The minimum Gasteiger partial charge on any atom is -0.297 e. The van der Waals surface area contributed by atoms with Crippen molar-refractivity contribution < 1.29 is 4.79 Å². The molecule has 3 heteroatoms. The Bertz CT molecular complexity index is 389. The van der Waals surface area contributed by atoms with Crippen LogP contribution in [0.5, 0.6) is 0 Å². The number of hydrogen-bond acceptors (Lipinski definition) is 2. The van der Waals surface area contributed by atoms with Crippen molar-refractivity contribution in [2.45, 2.75) is 25.8 Å². The molecule has 0 aliphatic rings. The van der Waals surface area contributed by atoms with Crippen LogP contribution in [0.2, 0.25) is 5.02 Å². The van der Waals surface area contributed by atoms with Crippen LogP contribution in [0.4, 0.5) is 0 Å². The fourth-order valence-electron chi connectivity index (χ4n) is 1.62. The van der Waals surface area contributed by atoms with Crippen LogP contribution in [0.1, 0.15) is 30.6 Å². The molecule has 0 fully saturated rings. The highest BCUT2D eigenvalue weighted by molar-refractivity contribution is 6.31. The van der Waals surface area contributed by atoms with Crippen LogP contribution in [0.25, 0.3) is 0 Å². The van der Waals surface area contributed by atoms with Crippen LogP contribution in [0.3, 0.4) is 0 Å². The van der Waals surface area contributed by atoms with Gasteiger partial charge in [0.15, 0.2) is 5.78 Å². The molecule has 0 aromatic heterocycles. The highest BCUT2D eigenvalue weighted by atomic mass is 35.5. The Hall–Kier alpha value is -0.860. The lowest BCUT2D eigenvalue weighted by molar-refractivity contribution is 0.0710. The number of likely N-dealkylation sites (N-methyl/N-ethyl adjacent to an activating group) is 1. The molecule has 0 heterocycles. The van der Waals surface area contributed by atoms with Crippen molar-refractivity contribution in [1.29, 1.82) is 0 Å². The summed E-state index contributed by atoms with van der Waals surface area (Å²) in [6.07, 6.45) is 0.769. The molecule has 0 N–H and O–H groups in total. The second-order valence-electron chi connectivity index (χ2n) is 4.36. The summed E-state index contributed by atoms with van der Waals surface area (Å²) >= 11 is 5.90. The molecule has 88 valence electrons. The zero-order valence-electron chi connectivity index (χ0n) is 10.2. The van der Waals surface area contributed by atoms with E-state index in [1.807, 2.05) is 38.9 Å². The van der Waals surface area contributed by atoms with Crippen LogP contribution in [0.15, 0.2) is 24.3 Å². The quantitative estimate of drug-likeness (QED) is 0.752. The molecule has 0 radical (unpaired) electrons. The lowest BCUT2D eigenvalue weighted by Crippen LogP contribution is -2.48. The molecule has 1 atom stereocenters. The molecule has 0 amide bonds. The predicted molar refractivity (Wildman–Crippen MR) is 68.2 cm³/mol. The smallest absolute Gasteiger partial charge is 0.182 e. The number of halogens is 1. The Kier molecular flexibility index (Phi) is 4.11. The summed E-state index contributed by atoms with van der Waals surface area (Å²) in [5.74, 6) is 0.113. The molecule has 0 aliphatic heterocycles. The number of rotatable bonds is 4. The number of carbonyl (C=O) groups is 1. The average Bonchev–Trinajstić information content (AvgIpc) is 2.26. The first-order chi connectivity index (χ1) is 7.41. The first-order valence-electron chi connectivity index (χ1n) is 5.39. The third kappa shape index (κ3) is 2.45. The summed E-state index contributed by atoms with van der Waals surface area (Å²) in [7, 11) is 3.85. The molecule has 0 saturated carbocycles. The van der Waals surface area contributed by atoms with E-state index in [2.05, 4.69) is 0 Å². The van der Waals surface area contributed by atoms with Gasteiger partial charge in [-0.1, -0.05) is 30.7 Å². The lowest BCUT2D eigenvalue weighted by Gasteiger charge is -2.34. The maximum absolute atomic E-state index is 12.4. The zero-order chi connectivity index (χ0) is 12.3. The van der Waals surface area contributed by atoms with Crippen molar-refractivity contribution in [2.75, 3.05) is 14.1 Å². The SMILES string of the molecule is CCC(C)(C(=O)c1cccc(Cl)c1)N(C)C. The Morgan fingerprint density at radius 3 is 2.50 bits per heavy atom. The number of benzene rings is 1.